The molecule has 0 bridgehead atoms. The molecule has 0 radical (unpaired) electrons. The Morgan fingerprint density at radius 3 is 1.37 bits per heavy atom. The summed E-state index contributed by atoms with van der Waals surface area (Å²) < 4.78 is 5.44. The van der Waals surface area contributed by atoms with Gasteiger partial charge in [0.05, 0.1) is 25.4 Å². The van der Waals surface area contributed by atoms with E-state index in [1.807, 2.05) is 6.08 Å². The predicted molar refractivity (Wildman–Crippen MR) is 255 cm³/mol. The van der Waals surface area contributed by atoms with Crippen LogP contribution >= 0.6 is 0 Å². The Labute approximate surface area is 366 Å². The molecular formula is C53H97NO5. The first-order valence-corrected chi connectivity index (χ1v) is 25.4. The molecule has 0 saturated carbocycles. The van der Waals surface area contributed by atoms with Crippen LogP contribution in [0.2, 0.25) is 0 Å². The second kappa shape index (κ2) is 48.5. The van der Waals surface area contributed by atoms with Gasteiger partial charge in [0.1, 0.15) is 0 Å². The van der Waals surface area contributed by atoms with Crippen LogP contribution in [0.5, 0.6) is 0 Å². The Balaban J connectivity index is 3.59. The van der Waals surface area contributed by atoms with Gasteiger partial charge in [0.15, 0.2) is 0 Å². The van der Waals surface area contributed by atoms with Crippen molar-refractivity contribution >= 4 is 11.9 Å². The van der Waals surface area contributed by atoms with Crippen LogP contribution in [0, 0.1) is 0 Å². The maximum Gasteiger partial charge on any atom is 0.305 e. The van der Waals surface area contributed by atoms with Gasteiger partial charge in [-0.25, -0.2) is 0 Å². The number of aliphatic hydroxyl groups is 2. The molecule has 6 heteroatoms. The molecule has 0 spiro atoms. The minimum Gasteiger partial charge on any atom is -0.466 e. The van der Waals surface area contributed by atoms with Crippen molar-refractivity contribution in [3.8, 4) is 0 Å². The average Bonchev–Trinajstić information content (AvgIpc) is 3.24. The molecule has 0 rings (SSSR count). The molecule has 1 amide bonds. The predicted octanol–water partition coefficient (Wildman–Crippen LogP) is 15.1. The molecule has 59 heavy (non-hydrogen) atoms. The number of hydrogen-bond donors (Lipinski definition) is 3. The lowest BCUT2D eigenvalue weighted by Crippen LogP contribution is -2.45. The normalized spacial score (nSPS) is 13.1. The molecule has 6 nitrogen and oxygen atoms in total. The summed E-state index contributed by atoms with van der Waals surface area (Å²) in [6.45, 7) is 4.77. The molecule has 0 aliphatic rings. The van der Waals surface area contributed by atoms with Crippen LogP contribution in [0.3, 0.4) is 0 Å². The maximum atomic E-state index is 12.4. The van der Waals surface area contributed by atoms with Crippen LogP contribution in [0.15, 0.2) is 48.6 Å². The molecule has 2 unspecified atom stereocenters. The second-order valence-corrected chi connectivity index (χ2v) is 17.1. The molecule has 0 aromatic heterocycles. The van der Waals surface area contributed by atoms with E-state index >= 15 is 0 Å². The van der Waals surface area contributed by atoms with E-state index in [9.17, 15) is 19.8 Å². The van der Waals surface area contributed by atoms with Gasteiger partial charge < -0.3 is 20.3 Å². The SMILES string of the molecule is CCCCC/C=C\C/C=C\CCCCCCCCCC(=O)OCCCCCC/C=C\CCCC(=O)NC(CO)C(O)/C=C/CCCCCCCCCCCCCCCC. The molecule has 0 aliphatic heterocycles. The van der Waals surface area contributed by atoms with Crippen LogP contribution in [0.25, 0.3) is 0 Å². The van der Waals surface area contributed by atoms with Crippen LogP contribution in [0.4, 0.5) is 0 Å². The number of amides is 1. The number of ether oxygens (including phenoxy) is 1. The first kappa shape index (κ1) is 56.8. The smallest absolute Gasteiger partial charge is 0.305 e. The van der Waals surface area contributed by atoms with E-state index in [1.54, 1.807) is 6.08 Å². The van der Waals surface area contributed by atoms with Crippen molar-refractivity contribution in [1.82, 2.24) is 5.32 Å². The van der Waals surface area contributed by atoms with Gasteiger partial charge in [-0.15, -0.1) is 0 Å². The summed E-state index contributed by atoms with van der Waals surface area (Å²) in [7, 11) is 0. The van der Waals surface area contributed by atoms with Crippen molar-refractivity contribution in [1.29, 1.82) is 0 Å². The van der Waals surface area contributed by atoms with Gasteiger partial charge in [0.2, 0.25) is 5.91 Å². The Morgan fingerprint density at radius 1 is 0.475 bits per heavy atom. The van der Waals surface area contributed by atoms with E-state index in [-0.39, 0.29) is 18.5 Å². The minimum atomic E-state index is -0.877. The largest absolute Gasteiger partial charge is 0.466 e. The van der Waals surface area contributed by atoms with E-state index in [4.69, 9.17) is 4.74 Å². The van der Waals surface area contributed by atoms with E-state index in [1.165, 1.54) is 148 Å². The molecule has 0 fully saturated rings. The Hall–Kier alpha value is -2.18. The summed E-state index contributed by atoms with van der Waals surface area (Å²) in [4.78, 5) is 24.4. The molecule has 0 aliphatic carbocycles. The number of esters is 1. The van der Waals surface area contributed by atoms with Crippen molar-refractivity contribution in [3.63, 3.8) is 0 Å². The molecule has 0 aromatic carbocycles. The highest BCUT2D eigenvalue weighted by molar-refractivity contribution is 5.76. The van der Waals surface area contributed by atoms with Crippen molar-refractivity contribution in [3.05, 3.63) is 48.6 Å². The standard InChI is InChI=1S/C53H97NO5/c1-3-5-7-9-11-13-15-17-19-21-23-25-27-31-35-39-43-47-53(58)59-48-44-40-36-32-28-30-34-38-42-46-52(57)54-50(49-55)51(56)45-41-37-33-29-26-24-22-20-18-16-14-12-10-8-6-4-2/h11,13,17,19,30,34,41,45,50-51,55-56H,3-10,12,14-16,18,20-29,31-33,35-40,42-44,46-49H2,1-2H3,(H,54,57)/b13-11-,19-17-,34-30-,45-41+. The Kier molecular flexibility index (Phi) is 46.7. The molecule has 0 aromatic rings. The fraction of sp³-hybridized carbons (Fsp3) is 0.811. The first-order valence-electron chi connectivity index (χ1n) is 25.4. The third-order valence-electron chi connectivity index (χ3n) is 11.3. The van der Waals surface area contributed by atoms with Gasteiger partial charge in [0.25, 0.3) is 0 Å². The molecule has 0 saturated heterocycles. The Bertz CT molecular complexity index is 1000. The lowest BCUT2D eigenvalue weighted by Gasteiger charge is -2.19. The minimum absolute atomic E-state index is 0.0466. The highest BCUT2D eigenvalue weighted by Crippen LogP contribution is 2.15. The van der Waals surface area contributed by atoms with Gasteiger partial charge in [-0.2, -0.15) is 0 Å². The van der Waals surface area contributed by atoms with Crippen LogP contribution < -0.4 is 5.32 Å². The van der Waals surface area contributed by atoms with E-state index < -0.39 is 12.1 Å². The second-order valence-electron chi connectivity index (χ2n) is 17.1. The van der Waals surface area contributed by atoms with E-state index in [0.717, 1.165) is 77.0 Å². The van der Waals surface area contributed by atoms with E-state index in [0.29, 0.717) is 19.4 Å². The summed E-state index contributed by atoms with van der Waals surface area (Å²) in [6, 6.07) is -0.667. The number of nitrogens with one attached hydrogen (secondary N) is 1. The third kappa shape index (κ3) is 45.2. The number of rotatable bonds is 46. The van der Waals surface area contributed by atoms with Gasteiger partial charge in [-0.3, -0.25) is 9.59 Å². The van der Waals surface area contributed by atoms with Crippen LogP contribution in [0.1, 0.15) is 251 Å². The summed E-state index contributed by atoms with van der Waals surface area (Å²) in [6.07, 6.45) is 59.7. The third-order valence-corrected chi connectivity index (χ3v) is 11.3. The lowest BCUT2D eigenvalue weighted by atomic mass is 10.0. The topological polar surface area (TPSA) is 95.9 Å². The van der Waals surface area contributed by atoms with Gasteiger partial charge in [-0.05, 0) is 83.5 Å². The highest BCUT2D eigenvalue weighted by Gasteiger charge is 2.17. The quantitative estimate of drug-likeness (QED) is 0.0323. The van der Waals surface area contributed by atoms with Crippen molar-refractivity contribution in [2.75, 3.05) is 13.2 Å². The number of aliphatic hydroxyl groups excluding tert-OH is 2. The van der Waals surface area contributed by atoms with Gasteiger partial charge in [0, 0.05) is 12.8 Å². The summed E-state index contributed by atoms with van der Waals surface area (Å²) in [5, 5.41) is 23.0. The zero-order valence-corrected chi connectivity index (χ0v) is 39.0. The summed E-state index contributed by atoms with van der Waals surface area (Å²) in [5.74, 6) is -0.177. The number of unbranched alkanes of at least 4 members (excludes halogenated alkanes) is 29. The highest BCUT2D eigenvalue weighted by atomic mass is 16.5. The van der Waals surface area contributed by atoms with Gasteiger partial charge >= 0.3 is 5.97 Å². The van der Waals surface area contributed by atoms with Gasteiger partial charge in [-0.1, -0.05) is 204 Å². The maximum absolute atomic E-state index is 12.4. The number of carbonyl (C=O) groups excluding carboxylic acids is 2. The number of carbonyl (C=O) groups is 2. The van der Waals surface area contributed by atoms with Crippen LogP contribution in [-0.4, -0.2) is 47.4 Å². The zero-order chi connectivity index (χ0) is 43.0. The number of allylic oxidation sites excluding steroid dienone is 7. The number of hydrogen-bond acceptors (Lipinski definition) is 5. The van der Waals surface area contributed by atoms with E-state index in [2.05, 4.69) is 55.6 Å². The van der Waals surface area contributed by atoms with Crippen molar-refractivity contribution < 1.29 is 24.5 Å². The van der Waals surface area contributed by atoms with Crippen molar-refractivity contribution in [2.24, 2.45) is 0 Å². The van der Waals surface area contributed by atoms with Crippen LogP contribution in [-0.2, 0) is 14.3 Å². The average molecular weight is 828 g/mol. The molecule has 3 N–H and O–H groups in total. The molecule has 0 heterocycles. The molecule has 2 atom stereocenters. The summed E-state index contributed by atoms with van der Waals surface area (Å²) >= 11 is 0. The molecular weight excluding hydrogens is 731 g/mol. The monoisotopic (exact) mass is 828 g/mol. The lowest BCUT2D eigenvalue weighted by molar-refractivity contribution is -0.143. The first-order chi connectivity index (χ1) is 29.0. The fourth-order valence-corrected chi connectivity index (χ4v) is 7.37. The van der Waals surface area contributed by atoms with Crippen molar-refractivity contribution in [2.45, 2.75) is 264 Å². The fourth-order valence-electron chi connectivity index (χ4n) is 7.37. The molecule has 344 valence electrons. The Morgan fingerprint density at radius 2 is 0.864 bits per heavy atom. The zero-order valence-electron chi connectivity index (χ0n) is 39.0. The summed E-state index contributed by atoms with van der Waals surface area (Å²) in [5.41, 5.74) is 0.